The number of hydrogen-bond acceptors (Lipinski definition) is 6. The van der Waals surface area contributed by atoms with E-state index in [0.717, 1.165) is 5.56 Å². The zero-order chi connectivity index (χ0) is 20.8. The first-order valence-corrected chi connectivity index (χ1v) is 9.43. The Bertz CT molecular complexity index is 988. The standard InChI is InChI=1S/C20H17Cl2N3O4/c1-12(26)23-17(13-2-6-15(21)7-3-13)10-19(27)28-11-18-24-25-20(29-18)14-4-8-16(22)9-5-14/h2-9,17H,10-11H2,1H3,(H,23,26). The van der Waals surface area contributed by atoms with Gasteiger partial charge in [0.2, 0.25) is 11.8 Å². The molecule has 7 nitrogen and oxygen atoms in total. The van der Waals surface area contributed by atoms with Gasteiger partial charge in [-0.05, 0) is 42.0 Å². The van der Waals surface area contributed by atoms with Gasteiger partial charge in [-0.15, -0.1) is 10.2 Å². The Morgan fingerprint density at radius 1 is 1.03 bits per heavy atom. The van der Waals surface area contributed by atoms with Gasteiger partial charge >= 0.3 is 5.97 Å². The first kappa shape index (κ1) is 20.8. The number of amides is 1. The van der Waals surface area contributed by atoms with Crippen molar-refractivity contribution in [2.75, 3.05) is 0 Å². The summed E-state index contributed by atoms with van der Waals surface area (Å²) in [4.78, 5) is 23.7. The van der Waals surface area contributed by atoms with Gasteiger partial charge in [0.1, 0.15) is 0 Å². The van der Waals surface area contributed by atoms with Gasteiger partial charge in [-0.2, -0.15) is 0 Å². The predicted octanol–water partition coefficient (Wildman–Crippen LogP) is 4.35. The van der Waals surface area contributed by atoms with Crippen LogP contribution in [0.4, 0.5) is 0 Å². The van der Waals surface area contributed by atoms with Gasteiger partial charge in [0, 0.05) is 22.5 Å². The summed E-state index contributed by atoms with van der Waals surface area (Å²) in [5, 5.41) is 11.7. The van der Waals surface area contributed by atoms with Crippen molar-refractivity contribution in [3.63, 3.8) is 0 Å². The topological polar surface area (TPSA) is 94.3 Å². The number of hydrogen-bond donors (Lipinski definition) is 1. The number of nitrogens with one attached hydrogen (secondary N) is 1. The lowest BCUT2D eigenvalue weighted by atomic mass is 10.0. The van der Waals surface area contributed by atoms with Crippen molar-refractivity contribution in [1.29, 1.82) is 0 Å². The maximum atomic E-state index is 12.3. The Kier molecular flexibility index (Phi) is 6.85. The molecule has 1 atom stereocenters. The van der Waals surface area contributed by atoms with Crippen LogP contribution in [0.25, 0.3) is 11.5 Å². The molecule has 0 fully saturated rings. The van der Waals surface area contributed by atoms with Crippen LogP contribution in [-0.4, -0.2) is 22.1 Å². The Labute approximate surface area is 177 Å². The predicted molar refractivity (Wildman–Crippen MR) is 107 cm³/mol. The van der Waals surface area contributed by atoms with Gasteiger partial charge in [0.25, 0.3) is 5.89 Å². The van der Waals surface area contributed by atoms with E-state index in [1.807, 2.05) is 0 Å². The summed E-state index contributed by atoms with van der Waals surface area (Å²) >= 11 is 11.7. The highest BCUT2D eigenvalue weighted by atomic mass is 35.5. The lowest BCUT2D eigenvalue weighted by Crippen LogP contribution is -2.28. The lowest BCUT2D eigenvalue weighted by molar-refractivity contribution is -0.146. The third kappa shape index (κ3) is 6.04. The molecule has 0 radical (unpaired) electrons. The van der Waals surface area contributed by atoms with Crippen molar-refractivity contribution < 1.29 is 18.7 Å². The Morgan fingerprint density at radius 2 is 1.66 bits per heavy atom. The Balaban J connectivity index is 1.59. The van der Waals surface area contributed by atoms with Crippen LogP contribution in [0.15, 0.2) is 52.9 Å². The number of carbonyl (C=O) groups excluding carboxylic acids is 2. The molecule has 0 aliphatic rings. The molecule has 1 heterocycles. The molecule has 9 heteroatoms. The summed E-state index contributed by atoms with van der Waals surface area (Å²) in [6.45, 7) is 1.21. The number of rotatable bonds is 7. The number of ether oxygens (including phenoxy) is 1. The second-order valence-electron chi connectivity index (χ2n) is 6.18. The molecule has 0 saturated heterocycles. The molecule has 0 aliphatic carbocycles. The van der Waals surface area contributed by atoms with Crippen LogP contribution in [0.5, 0.6) is 0 Å². The van der Waals surface area contributed by atoms with E-state index >= 15 is 0 Å². The van der Waals surface area contributed by atoms with E-state index < -0.39 is 12.0 Å². The van der Waals surface area contributed by atoms with E-state index in [4.69, 9.17) is 32.4 Å². The molecular formula is C20H17Cl2N3O4. The first-order valence-electron chi connectivity index (χ1n) is 8.67. The average molecular weight is 434 g/mol. The van der Waals surface area contributed by atoms with Gasteiger partial charge in [-0.25, -0.2) is 0 Å². The molecule has 150 valence electrons. The molecule has 0 aliphatic heterocycles. The number of aromatic nitrogens is 2. The molecule has 0 saturated carbocycles. The molecule has 3 rings (SSSR count). The van der Waals surface area contributed by atoms with E-state index in [1.165, 1.54) is 6.92 Å². The molecule has 3 aromatic rings. The van der Waals surface area contributed by atoms with Crippen molar-refractivity contribution in [2.24, 2.45) is 0 Å². The zero-order valence-corrected chi connectivity index (χ0v) is 16.9. The van der Waals surface area contributed by atoms with Gasteiger partial charge in [0.15, 0.2) is 6.61 Å². The van der Waals surface area contributed by atoms with E-state index in [2.05, 4.69) is 15.5 Å². The number of halogens is 2. The summed E-state index contributed by atoms with van der Waals surface area (Å²) in [6.07, 6.45) is -0.0562. The minimum absolute atomic E-state index is 0.0562. The molecule has 1 unspecified atom stereocenters. The van der Waals surface area contributed by atoms with Gasteiger partial charge in [-0.3, -0.25) is 9.59 Å². The minimum Gasteiger partial charge on any atom is -0.456 e. The average Bonchev–Trinajstić information content (AvgIpc) is 3.16. The van der Waals surface area contributed by atoms with Crippen molar-refractivity contribution in [3.8, 4) is 11.5 Å². The molecular weight excluding hydrogens is 417 g/mol. The van der Waals surface area contributed by atoms with Gasteiger partial charge in [-0.1, -0.05) is 35.3 Å². The quantitative estimate of drug-likeness (QED) is 0.556. The summed E-state index contributed by atoms with van der Waals surface area (Å²) < 4.78 is 10.7. The van der Waals surface area contributed by atoms with E-state index in [-0.39, 0.29) is 24.8 Å². The fraction of sp³-hybridized carbons (Fsp3) is 0.200. The summed E-state index contributed by atoms with van der Waals surface area (Å²) in [7, 11) is 0. The minimum atomic E-state index is -0.537. The number of carbonyl (C=O) groups is 2. The van der Waals surface area contributed by atoms with E-state index in [9.17, 15) is 9.59 Å². The fourth-order valence-corrected chi connectivity index (χ4v) is 2.83. The smallest absolute Gasteiger partial charge is 0.308 e. The van der Waals surface area contributed by atoms with Crippen LogP contribution >= 0.6 is 23.2 Å². The molecule has 2 aromatic carbocycles. The highest BCUT2D eigenvalue weighted by Gasteiger charge is 2.19. The third-order valence-electron chi connectivity index (χ3n) is 3.94. The van der Waals surface area contributed by atoms with Crippen LogP contribution < -0.4 is 5.32 Å². The van der Waals surface area contributed by atoms with Crippen LogP contribution in [0, 0.1) is 0 Å². The number of benzene rings is 2. The fourth-order valence-electron chi connectivity index (χ4n) is 2.58. The molecule has 1 amide bonds. The van der Waals surface area contributed by atoms with Crippen LogP contribution in [-0.2, 0) is 20.9 Å². The van der Waals surface area contributed by atoms with Crippen molar-refractivity contribution in [2.45, 2.75) is 26.0 Å². The second-order valence-corrected chi connectivity index (χ2v) is 7.05. The summed E-state index contributed by atoms with van der Waals surface area (Å²) in [6, 6.07) is 13.2. The third-order valence-corrected chi connectivity index (χ3v) is 4.44. The largest absolute Gasteiger partial charge is 0.456 e. The molecule has 0 bridgehead atoms. The van der Waals surface area contributed by atoms with Crippen LogP contribution in [0.2, 0.25) is 10.0 Å². The molecule has 29 heavy (non-hydrogen) atoms. The highest BCUT2D eigenvalue weighted by molar-refractivity contribution is 6.30. The summed E-state index contributed by atoms with van der Waals surface area (Å²) in [5.74, 6) is -0.330. The van der Waals surface area contributed by atoms with Gasteiger partial charge in [0.05, 0.1) is 12.5 Å². The van der Waals surface area contributed by atoms with Crippen LogP contribution in [0.1, 0.15) is 30.8 Å². The zero-order valence-electron chi connectivity index (χ0n) is 15.4. The summed E-state index contributed by atoms with van der Waals surface area (Å²) in [5.41, 5.74) is 1.44. The molecule has 1 aromatic heterocycles. The Morgan fingerprint density at radius 3 is 2.28 bits per heavy atom. The van der Waals surface area contributed by atoms with Crippen molar-refractivity contribution >= 4 is 35.1 Å². The SMILES string of the molecule is CC(=O)NC(CC(=O)OCc1nnc(-c2ccc(Cl)cc2)o1)c1ccc(Cl)cc1. The van der Waals surface area contributed by atoms with Gasteiger partial charge < -0.3 is 14.5 Å². The maximum absolute atomic E-state index is 12.3. The number of esters is 1. The lowest BCUT2D eigenvalue weighted by Gasteiger charge is -2.17. The maximum Gasteiger partial charge on any atom is 0.308 e. The highest BCUT2D eigenvalue weighted by Crippen LogP contribution is 2.22. The first-order chi connectivity index (χ1) is 13.9. The van der Waals surface area contributed by atoms with E-state index in [1.54, 1.807) is 48.5 Å². The van der Waals surface area contributed by atoms with Crippen molar-refractivity contribution in [3.05, 3.63) is 70.0 Å². The Hall–Kier alpha value is -2.90. The van der Waals surface area contributed by atoms with Crippen molar-refractivity contribution in [1.82, 2.24) is 15.5 Å². The number of nitrogens with zero attached hydrogens (tertiary/aromatic N) is 2. The second kappa shape index (κ2) is 9.54. The normalized spacial score (nSPS) is 11.7. The monoisotopic (exact) mass is 433 g/mol. The molecule has 0 spiro atoms. The molecule has 1 N–H and O–H groups in total. The van der Waals surface area contributed by atoms with E-state index in [0.29, 0.717) is 21.5 Å². The van der Waals surface area contributed by atoms with Crippen LogP contribution in [0.3, 0.4) is 0 Å².